The number of aromatic nitrogens is 1. The molecule has 0 spiro atoms. The van der Waals surface area contributed by atoms with Crippen molar-refractivity contribution in [2.24, 2.45) is 0 Å². The number of amides is 2. The number of phenols is 1. The predicted molar refractivity (Wildman–Crippen MR) is 134 cm³/mol. The molecule has 3 N–H and O–H groups in total. The van der Waals surface area contributed by atoms with Crippen LogP contribution in [0.15, 0.2) is 60.8 Å². The lowest BCUT2D eigenvalue weighted by Crippen LogP contribution is -2.29. The topological polar surface area (TPSA) is 97.8 Å². The van der Waals surface area contributed by atoms with Gasteiger partial charge in [0.1, 0.15) is 17.3 Å². The summed E-state index contributed by atoms with van der Waals surface area (Å²) in [5, 5.41) is 15.9. The van der Waals surface area contributed by atoms with E-state index in [9.17, 15) is 14.7 Å². The second-order valence-corrected chi connectivity index (χ2v) is 8.52. The van der Waals surface area contributed by atoms with Crippen molar-refractivity contribution >= 4 is 29.0 Å². The molecule has 1 saturated heterocycles. The molecule has 0 saturated carbocycles. The molecule has 4 rings (SSSR count). The molecular weight excluding hydrogens is 430 g/mol. The Kier molecular flexibility index (Phi) is 7.08. The smallest absolute Gasteiger partial charge is 0.257 e. The first-order chi connectivity index (χ1) is 16.4. The molecule has 0 bridgehead atoms. The molecule has 3 aromatic rings. The molecule has 2 amide bonds. The minimum Gasteiger partial charge on any atom is -0.506 e. The lowest BCUT2D eigenvalue weighted by molar-refractivity contribution is 0.101. The zero-order chi connectivity index (χ0) is 24.1. The number of nitrogens with one attached hydrogen (secondary N) is 2. The van der Waals surface area contributed by atoms with Gasteiger partial charge in [-0.1, -0.05) is 23.8 Å². The van der Waals surface area contributed by atoms with Crippen LogP contribution in [0.4, 0.5) is 17.2 Å². The van der Waals surface area contributed by atoms with Crippen LogP contribution in [0.25, 0.3) is 0 Å². The largest absolute Gasteiger partial charge is 0.506 e. The summed E-state index contributed by atoms with van der Waals surface area (Å²) in [5.74, 6) is -0.0778. The van der Waals surface area contributed by atoms with E-state index < -0.39 is 5.91 Å². The third-order valence-electron chi connectivity index (χ3n) is 5.90. The number of phenolic OH excluding ortho intramolecular Hbond substituents is 1. The van der Waals surface area contributed by atoms with E-state index in [0.29, 0.717) is 16.8 Å². The highest BCUT2D eigenvalue weighted by Gasteiger charge is 2.17. The first kappa shape index (κ1) is 23.3. The molecule has 1 aromatic heterocycles. The number of carbonyl (C=O) groups is 2. The van der Waals surface area contributed by atoms with Crippen molar-refractivity contribution in [2.45, 2.75) is 13.3 Å². The number of carbonyl (C=O) groups excluding carboxylic acids is 2. The summed E-state index contributed by atoms with van der Waals surface area (Å²) in [4.78, 5) is 34.6. The Balaban J connectivity index is 1.47. The molecule has 34 heavy (non-hydrogen) atoms. The lowest BCUT2D eigenvalue weighted by Gasteiger charge is -2.21. The Hall–Kier alpha value is -3.91. The van der Waals surface area contributed by atoms with Gasteiger partial charge in [0.05, 0.1) is 11.3 Å². The van der Waals surface area contributed by atoms with E-state index in [-0.39, 0.29) is 17.3 Å². The van der Waals surface area contributed by atoms with Crippen LogP contribution in [-0.4, -0.2) is 60.0 Å². The number of rotatable bonds is 5. The minimum atomic E-state index is -0.429. The maximum atomic E-state index is 12.9. The fraction of sp³-hybridized carbons (Fsp3) is 0.269. The first-order valence-corrected chi connectivity index (χ1v) is 11.3. The monoisotopic (exact) mass is 459 g/mol. The van der Waals surface area contributed by atoms with Crippen LogP contribution >= 0.6 is 0 Å². The van der Waals surface area contributed by atoms with E-state index in [1.165, 1.54) is 12.3 Å². The number of hydrogen-bond donors (Lipinski definition) is 3. The van der Waals surface area contributed by atoms with Crippen LogP contribution in [0.1, 0.15) is 32.7 Å². The van der Waals surface area contributed by atoms with Gasteiger partial charge in [-0.3, -0.25) is 9.59 Å². The van der Waals surface area contributed by atoms with E-state index in [2.05, 4.69) is 32.5 Å². The van der Waals surface area contributed by atoms with Crippen LogP contribution < -0.4 is 15.5 Å². The fourth-order valence-corrected chi connectivity index (χ4v) is 3.84. The van der Waals surface area contributed by atoms with Gasteiger partial charge in [0, 0.05) is 31.4 Å². The summed E-state index contributed by atoms with van der Waals surface area (Å²) in [6.45, 7) is 5.77. The van der Waals surface area contributed by atoms with E-state index in [1.807, 2.05) is 25.1 Å². The molecule has 8 nitrogen and oxygen atoms in total. The van der Waals surface area contributed by atoms with Crippen molar-refractivity contribution in [3.8, 4) is 5.75 Å². The molecule has 0 unspecified atom stereocenters. The summed E-state index contributed by atoms with van der Waals surface area (Å²) in [6.07, 6.45) is 2.59. The summed E-state index contributed by atoms with van der Waals surface area (Å²) in [7, 11) is 2.11. The number of anilines is 3. The minimum absolute atomic E-state index is 0.132. The lowest BCUT2D eigenvalue weighted by atomic mass is 10.1. The second kappa shape index (κ2) is 10.4. The Morgan fingerprint density at radius 2 is 1.62 bits per heavy atom. The van der Waals surface area contributed by atoms with Gasteiger partial charge >= 0.3 is 0 Å². The van der Waals surface area contributed by atoms with Gasteiger partial charge in [-0.2, -0.15) is 0 Å². The highest BCUT2D eigenvalue weighted by molar-refractivity contribution is 6.10. The molecule has 1 aliphatic rings. The van der Waals surface area contributed by atoms with Crippen LogP contribution in [0.5, 0.6) is 5.75 Å². The van der Waals surface area contributed by atoms with Crippen LogP contribution in [0, 0.1) is 6.92 Å². The molecule has 1 fully saturated rings. The number of pyridine rings is 1. The van der Waals surface area contributed by atoms with Crippen LogP contribution in [-0.2, 0) is 0 Å². The molecule has 0 radical (unpaired) electrons. The van der Waals surface area contributed by atoms with Crippen molar-refractivity contribution in [2.75, 3.05) is 48.8 Å². The van der Waals surface area contributed by atoms with Crippen molar-refractivity contribution in [3.63, 3.8) is 0 Å². The van der Waals surface area contributed by atoms with E-state index in [4.69, 9.17) is 0 Å². The van der Waals surface area contributed by atoms with Crippen LogP contribution in [0.3, 0.4) is 0 Å². The molecule has 1 aliphatic heterocycles. The van der Waals surface area contributed by atoms with E-state index >= 15 is 0 Å². The molecule has 0 aliphatic carbocycles. The Labute approximate surface area is 199 Å². The Bertz CT molecular complexity index is 1160. The van der Waals surface area contributed by atoms with E-state index in [1.54, 1.807) is 30.3 Å². The summed E-state index contributed by atoms with van der Waals surface area (Å²) in [5.41, 5.74) is 2.31. The highest BCUT2D eigenvalue weighted by atomic mass is 16.3. The number of likely N-dealkylation sites (N-methyl/N-ethyl adjacent to an activating group) is 1. The average Bonchev–Trinajstić information content (AvgIpc) is 3.06. The van der Waals surface area contributed by atoms with Gasteiger partial charge in [-0.15, -0.1) is 0 Å². The molecule has 8 heteroatoms. The summed E-state index contributed by atoms with van der Waals surface area (Å²) in [6, 6.07) is 15.4. The third-order valence-corrected chi connectivity index (χ3v) is 5.90. The molecule has 176 valence electrons. The normalized spacial score (nSPS) is 14.4. The zero-order valence-corrected chi connectivity index (χ0v) is 19.4. The Morgan fingerprint density at radius 1 is 0.882 bits per heavy atom. The standard InChI is InChI=1S/C26H29N5O3/c1-18-7-9-19(10-8-18)25(33)28-21-5-3-6-22(32)24(21)29-26(34)20-11-12-23(27-17-20)31-14-4-13-30(2)15-16-31/h3,5-12,17,32H,4,13-16H2,1-2H3,(H,28,33)(H,29,34). The molecule has 2 heterocycles. The second-order valence-electron chi connectivity index (χ2n) is 8.52. The van der Waals surface area contributed by atoms with Crippen molar-refractivity contribution in [3.05, 3.63) is 77.5 Å². The van der Waals surface area contributed by atoms with Crippen LogP contribution in [0.2, 0.25) is 0 Å². The number of para-hydroxylation sites is 1. The molecule has 0 atom stereocenters. The average molecular weight is 460 g/mol. The summed E-state index contributed by atoms with van der Waals surface area (Å²) >= 11 is 0. The Morgan fingerprint density at radius 3 is 2.35 bits per heavy atom. The number of aromatic hydroxyl groups is 1. The fourth-order valence-electron chi connectivity index (χ4n) is 3.84. The van der Waals surface area contributed by atoms with Crippen molar-refractivity contribution in [1.82, 2.24) is 9.88 Å². The van der Waals surface area contributed by atoms with Crippen molar-refractivity contribution in [1.29, 1.82) is 0 Å². The molecular formula is C26H29N5O3. The predicted octanol–water partition coefficient (Wildman–Crippen LogP) is 3.74. The number of benzene rings is 2. The number of nitrogens with zero attached hydrogens (tertiary/aromatic N) is 3. The van der Waals surface area contributed by atoms with Gasteiger partial charge in [0.25, 0.3) is 11.8 Å². The van der Waals surface area contributed by atoms with E-state index in [0.717, 1.165) is 44.0 Å². The van der Waals surface area contributed by atoms with Gasteiger partial charge in [-0.05, 0) is 63.3 Å². The van der Waals surface area contributed by atoms with Gasteiger partial charge in [-0.25, -0.2) is 4.98 Å². The van der Waals surface area contributed by atoms with Gasteiger partial charge < -0.3 is 25.5 Å². The SMILES string of the molecule is Cc1ccc(C(=O)Nc2cccc(O)c2NC(=O)c2ccc(N3CCCN(C)CC3)nc2)cc1. The van der Waals surface area contributed by atoms with Crippen molar-refractivity contribution < 1.29 is 14.7 Å². The maximum Gasteiger partial charge on any atom is 0.257 e. The highest BCUT2D eigenvalue weighted by Crippen LogP contribution is 2.32. The van der Waals surface area contributed by atoms with Gasteiger partial charge in [0.2, 0.25) is 0 Å². The number of aryl methyl sites for hydroxylation is 1. The summed E-state index contributed by atoms with van der Waals surface area (Å²) < 4.78 is 0. The van der Waals surface area contributed by atoms with Gasteiger partial charge in [0.15, 0.2) is 0 Å². The molecule has 2 aromatic carbocycles. The third kappa shape index (κ3) is 5.52. The maximum absolute atomic E-state index is 12.9. The zero-order valence-electron chi connectivity index (χ0n) is 19.4. The quantitative estimate of drug-likeness (QED) is 0.503. The first-order valence-electron chi connectivity index (χ1n) is 11.3. The number of hydrogen-bond acceptors (Lipinski definition) is 6.